The van der Waals surface area contributed by atoms with Crippen molar-refractivity contribution in [1.29, 1.82) is 0 Å². The molecule has 0 atom stereocenters. The largest absolute Gasteiger partial charge is 0.380 e. The summed E-state index contributed by atoms with van der Waals surface area (Å²) in [5, 5.41) is 9.93. The summed E-state index contributed by atoms with van der Waals surface area (Å²) in [6.45, 7) is 3.69. The van der Waals surface area contributed by atoms with Gasteiger partial charge in [0.15, 0.2) is 5.03 Å². The van der Waals surface area contributed by atoms with Crippen LogP contribution in [0.15, 0.2) is 11.2 Å². The van der Waals surface area contributed by atoms with Crippen molar-refractivity contribution in [3.05, 3.63) is 11.8 Å². The summed E-state index contributed by atoms with van der Waals surface area (Å²) in [7, 11) is -1.99. The fraction of sp³-hybridized carbons (Fsp3) is 0.750. The van der Waals surface area contributed by atoms with Crippen LogP contribution in [0.2, 0.25) is 0 Å². The Bertz CT molecular complexity index is 525. The Kier molecular flexibility index (Phi) is 5.14. The normalized spacial score (nSPS) is 15.9. The SMILES string of the molecule is CCOCCN(C)S(=O)(=O)c1[nH]ncc1CNC1CC1. The van der Waals surface area contributed by atoms with Crippen LogP contribution in [-0.2, 0) is 21.3 Å². The van der Waals surface area contributed by atoms with Crippen LogP contribution in [0.1, 0.15) is 25.3 Å². The van der Waals surface area contributed by atoms with E-state index in [1.807, 2.05) is 6.92 Å². The minimum absolute atomic E-state index is 0.171. The number of sulfonamides is 1. The first-order valence-electron chi connectivity index (χ1n) is 6.85. The molecule has 8 heteroatoms. The van der Waals surface area contributed by atoms with E-state index >= 15 is 0 Å². The van der Waals surface area contributed by atoms with Gasteiger partial charge in [-0.25, -0.2) is 8.42 Å². The number of H-pyrrole nitrogens is 1. The van der Waals surface area contributed by atoms with Crippen molar-refractivity contribution in [2.45, 2.75) is 37.4 Å². The highest BCUT2D eigenvalue weighted by Crippen LogP contribution is 2.21. The Balaban J connectivity index is 2.01. The Labute approximate surface area is 119 Å². The average molecular weight is 302 g/mol. The van der Waals surface area contributed by atoms with Gasteiger partial charge in [-0.2, -0.15) is 9.40 Å². The summed E-state index contributed by atoms with van der Waals surface area (Å²) in [6, 6.07) is 0.524. The first kappa shape index (κ1) is 15.4. The maximum Gasteiger partial charge on any atom is 0.260 e. The monoisotopic (exact) mass is 302 g/mol. The summed E-state index contributed by atoms with van der Waals surface area (Å²) in [4.78, 5) is 0. The lowest BCUT2D eigenvalue weighted by Crippen LogP contribution is -2.31. The number of hydrogen-bond donors (Lipinski definition) is 2. The highest BCUT2D eigenvalue weighted by Gasteiger charge is 2.27. The molecular weight excluding hydrogens is 280 g/mol. The molecule has 7 nitrogen and oxygen atoms in total. The molecule has 1 saturated carbocycles. The number of aromatic nitrogens is 2. The number of nitrogens with zero attached hydrogens (tertiary/aromatic N) is 2. The Morgan fingerprint density at radius 2 is 2.30 bits per heavy atom. The summed E-state index contributed by atoms with van der Waals surface area (Å²) in [6.07, 6.45) is 3.89. The second kappa shape index (κ2) is 6.66. The smallest absolute Gasteiger partial charge is 0.260 e. The number of hydrogen-bond acceptors (Lipinski definition) is 5. The van der Waals surface area contributed by atoms with E-state index < -0.39 is 10.0 Å². The molecule has 0 saturated heterocycles. The minimum Gasteiger partial charge on any atom is -0.380 e. The molecule has 0 radical (unpaired) electrons. The third-order valence-electron chi connectivity index (χ3n) is 3.26. The molecule has 0 spiro atoms. The molecule has 2 N–H and O–H groups in total. The molecule has 114 valence electrons. The van der Waals surface area contributed by atoms with E-state index in [1.54, 1.807) is 13.2 Å². The average Bonchev–Trinajstić information content (AvgIpc) is 3.12. The summed E-state index contributed by atoms with van der Waals surface area (Å²) < 4.78 is 31.4. The van der Waals surface area contributed by atoms with Crippen LogP contribution in [0.3, 0.4) is 0 Å². The van der Waals surface area contributed by atoms with Gasteiger partial charge >= 0.3 is 0 Å². The Morgan fingerprint density at radius 3 is 2.95 bits per heavy atom. The molecule has 0 bridgehead atoms. The van der Waals surface area contributed by atoms with Crippen LogP contribution >= 0.6 is 0 Å². The Morgan fingerprint density at radius 1 is 1.55 bits per heavy atom. The third kappa shape index (κ3) is 3.78. The van der Waals surface area contributed by atoms with E-state index in [0.717, 1.165) is 12.8 Å². The molecule has 1 fully saturated rings. The van der Waals surface area contributed by atoms with Gasteiger partial charge < -0.3 is 10.1 Å². The van der Waals surface area contributed by atoms with E-state index in [1.165, 1.54) is 4.31 Å². The zero-order valence-electron chi connectivity index (χ0n) is 11.9. The molecule has 1 heterocycles. The predicted octanol–water partition coefficient (Wildman–Crippen LogP) is 0.319. The molecule has 1 aliphatic rings. The van der Waals surface area contributed by atoms with Crippen LogP contribution in [0.5, 0.6) is 0 Å². The molecule has 1 aromatic rings. The highest BCUT2D eigenvalue weighted by atomic mass is 32.2. The van der Waals surface area contributed by atoms with Crippen molar-refractivity contribution in [1.82, 2.24) is 19.8 Å². The second-order valence-electron chi connectivity index (χ2n) is 4.90. The van der Waals surface area contributed by atoms with Crippen LogP contribution in [0.4, 0.5) is 0 Å². The first-order valence-corrected chi connectivity index (χ1v) is 8.29. The molecule has 0 unspecified atom stereocenters. The molecule has 2 rings (SSSR count). The number of nitrogens with one attached hydrogen (secondary N) is 2. The van der Waals surface area contributed by atoms with Crippen LogP contribution < -0.4 is 5.32 Å². The molecule has 0 amide bonds. The summed E-state index contributed by atoms with van der Waals surface area (Å²) in [5.74, 6) is 0. The number of rotatable bonds is 9. The number of likely N-dealkylation sites (N-methyl/N-ethyl adjacent to an activating group) is 1. The molecule has 1 aromatic heterocycles. The first-order chi connectivity index (χ1) is 9.55. The standard InChI is InChI=1S/C12H22N4O3S/c1-3-19-7-6-16(2)20(17,18)12-10(9-14-15-12)8-13-11-4-5-11/h9,11,13H,3-8H2,1-2H3,(H,14,15). The minimum atomic E-state index is -3.54. The van der Waals surface area contributed by atoms with E-state index in [4.69, 9.17) is 4.74 Å². The zero-order valence-corrected chi connectivity index (χ0v) is 12.7. The fourth-order valence-corrected chi connectivity index (χ4v) is 3.05. The topological polar surface area (TPSA) is 87.3 Å². The van der Waals surface area contributed by atoms with Crippen molar-refractivity contribution in [3.8, 4) is 0 Å². The van der Waals surface area contributed by atoms with Gasteiger partial charge in [0.2, 0.25) is 0 Å². The van der Waals surface area contributed by atoms with Gasteiger partial charge in [-0.05, 0) is 19.8 Å². The maximum absolute atomic E-state index is 12.4. The molecule has 0 aromatic carbocycles. The fourth-order valence-electron chi connectivity index (χ4n) is 1.80. The van der Waals surface area contributed by atoms with E-state index in [9.17, 15) is 8.42 Å². The number of ether oxygens (including phenoxy) is 1. The molecular formula is C12H22N4O3S. The molecule has 20 heavy (non-hydrogen) atoms. The van der Waals surface area contributed by atoms with Gasteiger partial charge in [0.05, 0.1) is 12.8 Å². The maximum atomic E-state index is 12.4. The Hall–Kier alpha value is -0.960. The van der Waals surface area contributed by atoms with Crippen molar-refractivity contribution >= 4 is 10.0 Å². The van der Waals surface area contributed by atoms with Gasteiger partial charge in [0.25, 0.3) is 10.0 Å². The zero-order chi connectivity index (χ0) is 14.6. The molecule has 1 aliphatic carbocycles. The van der Waals surface area contributed by atoms with E-state index in [-0.39, 0.29) is 5.03 Å². The lowest BCUT2D eigenvalue weighted by molar-refractivity contribution is 0.138. The van der Waals surface area contributed by atoms with E-state index in [2.05, 4.69) is 15.5 Å². The van der Waals surface area contributed by atoms with Crippen molar-refractivity contribution in [3.63, 3.8) is 0 Å². The lowest BCUT2D eigenvalue weighted by Gasteiger charge is -2.16. The summed E-state index contributed by atoms with van der Waals surface area (Å²) in [5.41, 5.74) is 0.681. The van der Waals surface area contributed by atoms with Crippen molar-refractivity contribution < 1.29 is 13.2 Å². The van der Waals surface area contributed by atoms with Crippen LogP contribution in [-0.4, -0.2) is 55.8 Å². The van der Waals surface area contributed by atoms with Gasteiger partial charge in [0, 0.05) is 38.3 Å². The van der Waals surface area contributed by atoms with Gasteiger partial charge in [-0.3, -0.25) is 5.10 Å². The third-order valence-corrected chi connectivity index (χ3v) is 5.13. The second-order valence-corrected chi connectivity index (χ2v) is 6.88. The van der Waals surface area contributed by atoms with E-state index in [0.29, 0.717) is 37.9 Å². The lowest BCUT2D eigenvalue weighted by atomic mass is 10.3. The molecule has 0 aliphatic heterocycles. The highest BCUT2D eigenvalue weighted by molar-refractivity contribution is 7.89. The summed E-state index contributed by atoms with van der Waals surface area (Å²) >= 11 is 0. The van der Waals surface area contributed by atoms with Crippen LogP contribution in [0.25, 0.3) is 0 Å². The quantitative estimate of drug-likeness (QED) is 0.641. The van der Waals surface area contributed by atoms with Gasteiger partial charge in [0.1, 0.15) is 0 Å². The van der Waals surface area contributed by atoms with Crippen molar-refractivity contribution in [2.75, 3.05) is 26.8 Å². The van der Waals surface area contributed by atoms with Crippen molar-refractivity contribution in [2.24, 2.45) is 0 Å². The number of aromatic amines is 1. The predicted molar refractivity (Wildman–Crippen MR) is 74.8 cm³/mol. The van der Waals surface area contributed by atoms with Gasteiger partial charge in [-0.1, -0.05) is 0 Å². The van der Waals surface area contributed by atoms with Gasteiger partial charge in [-0.15, -0.1) is 0 Å². The van der Waals surface area contributed by atoms with Crippen LogP contribution in [0, 0.1) is 0 Å².